The van der Waals surface area contributed by atoms with Crippen molar-refractivity contribution in [2.24, 2.45) is 7.05 Å². The summed E-state index contributed by atoms with van der Waals surface area (Å²) in [4.78, 5) is 26.5. The van der Waals surface area contributed by atoms with Gasteiger partial charge in [-0.1, -0.05) is 24.3 Å². The molecule has 2 aromatic carbocycles. The van der Waals surface area contributed by atoms with E-state index in [4.69, 9.17) is 9.31 Å². The van der Waals surface area contributed by atoms with Crippen molar-refractivity contribution in [2.75, 3.05) is 18.0 Å². The van der Waals surface area contributed by atoms with Crippen LogP contribution in [0.25, 0.3) is 10.9 Å². The number of piperidine rings is 2. The van der Waals surface area contributed by atoms with Crippen LogP contribution in [0.4, 0.5) is 5.69 Å². The van der Waals surface area contributed by atoms with Crippen molar-refractivity contribution in [3.05, 3.63) is 53.7 Å². The minimum atomic E-state index is -0.385. The number of carbonyl (C=O) groups excluding carboxylic acids is 2. The lowest BCUT2D eigenvalue weighted by Gasteiger charge is -2.34. The summed E-state index contributed by atoms with van der Waals surface area (Å²) in [6.45, 7) is 10.3. The number of hydrogen-bond donors (Lipinski definition) is 1. The van der Waals surface area contributed by atoms with Gasteiger partial charge in [-0.15, -0.1) is 0 Å². The number of benzene rings is 2. The molecule has 204 valence electrons. The van der Waals surface area contributed by atoms with Crippen molar-refractivity contribution >= 4 is 41.0 Å². The number of amides is 2. The molecule has 9 heteroatoms. The molecule has 8 nitrogen and oxygen atoms in total. The van der Waals surface area contributed by atoms with E-state index in [1.165, 1.54) is 11.3 Å². The molecule has 4 heterocycles. The Bertz CT molecular complexity index is 1410. The molecule has 1 atom stereocenters. The molecular formula is C30H37BN4O4. The lowest BCUT2D eigenvalue weighted by molar-refractivity contribution is -0.134. The number of anilines is 1. The van der Waals surface area contributed by atoms with Gasteiger partial charge in [0.25, 0.3) is 0 Å². The lowest BCUT2D eigenvalue weighted by atomic mass is 9.77. The molecule has 6 rings (SSSR count). The molecule has 1 aromatic heterocycles. The summed E-state index contributed by atoms with van der Waals surface area (Å²) >= 11 is 0. The van der Waals surface area contributed by atoms with E-state index < -0.39 is 0 Å². The van der Waals surface area contributed by atoms with Crippen LogP contribution >= 0.6 is 0 Å². The zero-order valence-corrected chi connectivity index (χ0v) is 23.5. The van der Waals surface area contributed by atoms with E-state index in [-0.39, 0.29) is 36.1 Å². The largest absolute Gasteiger partial charge is 0.494 e. The zero-order chi connectivity index (χ0) is 27.5. The molecule has 3 aliphatic heterocycles. The van der Waals surface area contributed by atoms with E-state index in [2.05, 4.69) is 85.5 Å². The lowest BCUT2D eigenvalue weighted by Crippen LogP contribution is -2.41. The van der Waals surface area contributed by atoms with Gasteiger partial charge in [0.2, 0.25) is 11.8 Å². The predicted octanol–water partition coefficient (Wildman–Crippen LogP) is 3.78. The Labute approximate surface area is 230 Å². The van der Waals surface area contributed by atoms with Gasteiger partial charge in [-0.3, -0.25) is 19.6 Å². The third kappa shape index (κ3) is 4.65. The maximum Gasteiger partial charge on any atom is 0.494 e. The van der Waals surface area contributed by atoms with Crippen LogP contribution < -0.4 is 15.7 Å². The Kier molecular flexibility index (Phi) is 6.34. The van der Waals surface area contributed by atoms with Crippen LogP contribution in [-0.4, -0.2) is 53.0 Å². The minimum Gasteiger partial charge on any atom is -0.399 e. The number of imide groups is 1. The zero-order valence-electron chi connectivity index (χ0n) is 23.5. The van der Waals surface area contributed by atoms with Crippen molar-refractivity contribution in [2.45, 2.75) is 76.4 Å². The molecule has 0 spiro atoms. The van der Waals surface area contributed by atoms with E-state index in [1.807, 2.05) is 11.7 Å². The fraction of sp³-hybridized carbons (Fsp3) is 0.500. The normalized spacial score (nSPS) is 23.5. The van der Waals surface area contributed by atoms with Gasteiger partial charge in [0.05, 0.1) is 28.3 Å². The summed E-state index contributed by atoms with van der Waals surface area (Å²) in [6, 6.07) is 15.2. The molecule has 3 aromatic rings. The first kappa shape index (κ1) is 26.1. The van der Waals surface area contributed by atoms with Crippen LogP contribution in [0.15, 0.2) is 42.5 Å². The van der Waals surface area contributed by atoms with Crippen LogP contribution in [0.5, 0.6) is 0 Å². The topological polar surface area (TPSA) is 85.7 Å². The molecular weight excluding hydrogens is 491 g/mol. The van der Waals surface area contributed by atoms with E-state index in [0.717, 1.165) is 48.0 Å². The van der Waals surface area contributed by atoms with E-state index >= 15 is 0 Å². The Hall–Kier alpha value is -3.17. The highest BCUT2D eigenvalue weighted by atomic mass is 16.7. The van der Waals surface area contributed by atoms with Crippen LogP contribution in [0.1, 0.15) is 76.5 Å². The Morgan fingerprint density at radius 1 is 0.949 bits per heavy atom. The molecule has 39 heavy (non-hydrogen) atoms. The number of aryl methyl sites for hydroxylation is 1. The van der Waals surface area contributed by atoms with E-state index in [9.17, 15) is 9.59 Å². The van der Waals surface area contributed by atoms with Crippen molar-refractivity contribution in [3.8, 4) is 0 Å². The number of rotatable bonds is 4. The van der Waals surface area contributed by atoms with Crippen LogP contribution in [0, 0.1) is 0 Å². The number of fused-ring (bicyclic) bond motifs is 1. The fourth-order valence-electron chi connectivity index (χ4n) is 6.06. The molecule has 0 radical (unpaired) electrons. The van der Waals surface area contributed by atoms with Gasteiger partial charge in [-0.25, -0.2) is 0 Å². The maximum atomic E-state index is 12.5. The van der Waals surface area contributed by atoms with Gasteiger partial charge in [0.1, 0.15) is 0 Å². The smallest absolute Gasteiger partial charge is 0.399 e. The number of hydrogen-bond acceptors (Lipinski definition) is 6. The first-order valence-electron chi connectivity index (χ1n) is 14.0. The second-order valence-electron chi connectivity index (χ2n) is 12.2. The van der Waals surface area contributed by atoms with Gasteiger partial charge in [0.15, 0.2) is 0 Å². The van der Waals surface area contributed by atoms with Crippen LogP contribution in [0.3, 0.4) is 0 Å². The van der Waals surface area contributed by atoms with Gasteiger partial charge in [-0.2, -0.15) is 5.10 Å². The highest BCUT2D eigenvalue weighted by Crippen LogP contribution is 2.37. The van der Waals surface area contributed by atoms with Crippen molar-refractivity contribution < 1.29 is 18.9 Å². The van der Waals surface area contributed by atoms with Crippen molar-refractivity contribution in [1.29, 1.82) is 0 Å². The average Bonchev–Trinajstić information content (AvgIpc) is 3.35. The predicted molar refractivity (Wildman–Crippen MR) is 152 cm³/mol. The van der Waals surface area contributed by atoms with Crippen LogP contribution in [-0.2, 0) is 25.9 Å². The summed E-state index contributed by atoms with van der Waals surface area (Å²) in [7, 11) is 1.59. The van der Waals surface area contributed by atoms with Gasteiger partial charge >= 0.3 is 7.12 Å². The van der Waals surface area contributed by atoms with E-state index in [0.29, 0.717) is 18.8 Å². The number of nitrogens with one attached hydrogen (secondary N) is 1. The summed E-state index contributed by atoms with van der Waals surface area (Å²) in [5.74, 6) is -0.318. The molecule has 0 aliphatic carbocycles. The Balaban J connectivity index is 1.12. The number of carbonyl (C=O) groups is 2. The average molecular weight is 528 g/mol. The third-order valence-corrected chi connectivity index (χ3v) is 9.23. The summed E-state index contributed by atoms with van der Waals surface area (Å²) in [5.41, 5.74) is 4.69. The molecule has 0 saturated carbocycles. The van der Waals surface area contributed by atoms with Crippen LogP contribution in [0.2, 0.25) is 0 Å². The van der Waals surface area contributed by atoms with Crippen molar-refractivity contribution in [1.82, 2.24) is 15.1 Å². The summed E-state index contributed by atoms with van der Waals surface area (Å²) in [5, 5.41) is 8.12. The highest BCUT2D eigenvalue weighted by molar-refractivity contribution is 6.62. The van der Waals surface area contributed by atoms with Gasteiger partial charge in [-0.05, 0) is 82.1 Å². The highest BCUT2D eigenvalue weighted by Gasteiger charge is 2.51. The summed E-state index contributed by atoms with van der Waals surface area (Å²) < 4.78 is 14.3. The standard InChI is InChI=1S/C30H37BN4O4/c1-29(2)30(3,4)39-31(38-29)21-8-6-19(7-9-21)20-14-16-35(17-15-20)22-10-11-23-25(18-22)34(5)33-27(23)24-12-13-26(36)32-28(24)37/h6-11,18,20,24H,12-17H2,1-5H3,(H,32,36,37). The number of aromatic nitrogens is 2. The monoisotopic (exact) mass is 528 g/mol. The van der Waals surface area contributed by atoms with Gasteiger partial charge in [0, 0.05) is 37.6 Å². The van der Waals surface area contributed by atoms with Crippen molar-refractivity contribution in [3.63, 3.8) is 0 Å². The molecule has 1 unspecified atom stereocenters. The SMILES string of the molecule is Cn1nc(C2CCC(=O)NC2=O)c2ccc(N3CCC(c4ccc(B5OC(C)(C)C(C)(C)O5)cc4)CC3)cc21. The molecule has 2 amide bonds. The molecule has 3 aliphatic rings. The quantitative estimate of drug-likeness (QED) is 0.410. The molecule has 0 bridgehead atoms. The third-order valence-electron chi connectivity index (χ3n) is 9.23. The fourth-order valence-corrected chi connectivity index (χ4v) is 6.06. The van der Waals surface area contributed by atoms with E-state index in [1.54, 1.807) is 0 Å². The first-order chi connectivity index (χ1) is 18.5. The second-order valence-corrected chi connectivity index (χ2v) is 12.2. The Morgan fingerprint density at radius 3 is 2.26 bits per heavy atom. The molecule has 1 N–H and O–H groups in total. The summed E-state index contributed by atoms with van der Waals surface area (Å²) in [6.07, 6.45) is 3.02. The van der Waals surface area contributed by atoms with Gasteiger partial charge < -0.3 is 14.2 Å². The minimum absolute atomic E-state index is 0.206. The molecule has 3 saturated heterocycles. The first-order valence-corrected chi connectivity index (χ1v) is 14.0. The number of nitrogens with zero attached hydrogens (tertiary/aromatic N) is 3. The Morgan fingerprint density at radius 2 is 1.62 bits per heavy atom. The maximum absolute atomic E-state index is 12.5. The molecule has 3 fully saturated rings. The second kappa shape index (κ2) is 9.49.